The average Bonchev–Trinajstić information content (AvgIpc) is 3.32. The van der Waals surface area contributed by atoms with Crippen molar-refractivity contribution in [3.05, 3.63) is 94.3 Å². The zero-order valence-corrected chi connectivity index (χ0v) is 20.5. The van der Waals surface area contributed by atoms with Gasteiger partial charge in [0, 0.05) is 19.0 Å². The van der Waals surface area contributed by atoms with E-state index in [0.717, 1.165) is 28.5 Å². The number of nitrogens with zero attached hydrogens (tertiary/aromatic N) is 5. The van der Waals surface area contributed by atoms with E-state index in [1.807, 2.05) is 36.4 Å². The topological polar surface area (TPSA) is 114 Å². The summed E-state index contributed by atoms with van der Waals surface area (Å²) in [6, 6.07) is 19.0. The highest BCUT2D eigenvalue weighted by molar-refractivity contribution is 7.89. The van der Waals surface area contributed by atoms with Crippen molar-refractivity contribution < 1.29 is 12.8 Å². The molecule has 3 heterocycles. The molecular formula is C26H23FN6O3S. The quantitative estimate of drug-likeness (QED) is 0.381. The second-order valence-electron chi connectivity index (χ2n) is 9.18. The van der Waals surface area contributed by atoms with Gasteiger partial charge in [-0.2, -0.15) is 4.31 Å². The number of aromatic amines is 1. The van der Waals surface area contributed by atoms with Gasteiger partial charge in [0.1, 0.15) is 11.6 Å². The summed E-state index contributed by atoms with van der Waals surface area (Å²) >= 11 is 0. The van der Waals surface area contributed by atoms with Gasteiger partial charge < -0.3 is 4.98 Å². The molecule has 188 valence electrons. The van der Waals surface area contributed by atoms with Gasteiger partial charge in [-0.3, -0.25) is 4.79 Å². The van der Waals surface area contributed by atoms with Crippen molar-refractivity contribution >= 4 is 32.0 Å². The summed E-state index contributed by atoms with van der Waals surface area (Å²) in [5, 5.41) is 10.5. The van der Waals surface area contributed by atoms with E-state index in [1.165, 1.54) is 16.4 Å². The van der Waals surface area contributed by atoms with Crippen LogP contribution in [0.15, 0.2) is 76.4 Å². The number of sulfonamides is 1. The van der Waals surface area contributed by atoms with Crippen molar-refractivity contribution in [2.24, 2.45) is 0 Å². The fraction of sp³-hybridized carbons (Fsp3) is 0.231. The highest BCUT2D eigenvalue weighted by atomic mass is 32.2. The normalized spacial score (nSPS) is 15.5. The minimum Gasteiger partial charge on any atom is -0.308 e. The number of hydrogen-bond donors (Lipinski definition) is 1. The summed E-state index contributed by atoms with van der Waals surface area (Å²) in [6.45, 7) is 0.938. The molecule has 0 radical (unpaired) electrons. The third kappa shape index (κ3) is 4.40. The summed E-state index contributed by atoms with van der Waals surface area (Å²) in [5.74, 6) is -0.114. The second kappa shape index (κ2) is 9.16. The van der Waals surface area contributed by atoms with Gasteiger partial charge in [-0.25, -0.2) is 22.5 Å². The summed E-state index contributed by atoms with van der Waals surface area (Å²) in [4.78, 5) is 20.4. The molecule has 6 rings (SSSR count). The van der Waals surface area contributed by atoms with E-state index < -0.39 is 15.8 Å². The van der Waals surface area contributed by atoms with E-state index >= 15 is 0 Å². The molecule has 37 heavy (non-hydrogen) atoms. The van der Waals surface area contributed by atoms with E-state index in [1.54, 1.807) is 4.68 Å². The zero-order valence-electron chi connectivity index (χ0n) is 19.7. The number of fused-ring (bicyclic) bond motifs is 2. The number of aromatic nitrogens is 5. The highest BCUT2D eigenvalue weighted by Crippen LogP contribution is 2.29. The van der Waals surface area contributed by atoms with Crippen LogP contribution in [0.3, 0.4) is 0 Å². The Morgan fingerprint density at radius 2 is 1.70 bits per heavy atom. The molecule has 1 aliphatic rings. The Morgan fingerprint density at radius 3 is 2.46 bits per heavy atom. The number of piperidine rings is 1. The minimum absolute atomic E-state index is 0.0592. The van der Waals surface area contributed by atoms with Gasteiger partial charge >= 0.3 is 0 Å². The van der Waals surface area contributed by atoms with Gasteiger partial charge in [-0.05, 0) is 59.5 Å². The first-order valence-electron chi connectivity index (χ1n) is 12.0. The number of hydrogen-bond acceptors (Lipinski definition) is 6. The molecule has 1 saturated heterocycles. The van der Waals surface area contributed by atoms with Gasteiger partial charge in [0.2, 0.25) is 10.0 Å². The van der Waals surface area contributed by atoms with Crippen LogP contribution in [0.25, 0.3) is 21.9 Å². The van der Waals surface area contributed by atoms with Crippen LogP contribution in [-0.4, -0.2) is 50.8 Å². The molecule has 3 aromatic carbocycles. The van der Waals surface area contributed by atoms with E-state index in [-0.39, 0.29) is 35.0 Å². The molecule has 5 aromatic rings. The van der Waals surface area contributed by atoms with E-state index in [9.17, 15) is 17.6 Å². The van der Waals surface area contributed by atoms with Crippen molar-refractivity contribution in [2.45, 2.75) is 30.2 Å². The van der Waals surface area contributed by atoms with Crippen LogP contribution >= 0.6 is 0 Å². The summed E-state index contributed by atoms with van der Waals surface area (Å²) in [7, 11) is -3.73. The third-order valence-corrected chi connectivity index (χ3v) is 8.74. The standard InChI is InChI=1S/C26H23FN6O3S/c27-21-7-9-22(10-8-21)37(35,36)32-13-11-19(12-14-32)24-28-25-23(26(34)29-24)30-31-33(25)16-17-5-6-18-3-1-2-4-20(18)15-17/h1-10,15,19H,11-14,16H2,(H,28,29,34). The van der Waals surface area contributed by atoms with Crippen LogP contribution in [0.2, 0.25) is 0 Å². The first-order valence-corrected chi connectivity index (χ1v) is 13.4. The number of nitrogens with one attached hydrogen (secondary N) is 1. The molecule has 1 fully saturated rings. The lowest BCUT2D eigenvalue weighted by Crippen LogP contribution is -2.38. The third-order valence-electron chi connectivity index (χ3n) is 6.83. The smallest absolute Gasteiger partial charge is 0.281 e. The predicted octanol–water partition coefficient (Wildman–Crippen LogP) is 3.42. The second-order valence-corrected chi connectivity index (χ2v) is 11.1. The van der Waals surface area contributed by atoms with E-state index in [2.05, 4.69) is 21.4 Å². The molecule has 2 aromatic heterocycles. The number of H-pyrrole nitrogens is 1. The molecular weight excluding hydrogens is 495 g/mol. The molecule has 0 saturated carbocycles. The van der Waals surface area contributed by atoms with Crippen LogP contribution in [0.4, 0.5) is 4.39 Å². The van der Waals surface area contributed by atoms with Crippen molar-refractivity contribution in [3.8, 4) is 0 Å². The number of halogens is 1. The molecule has 1 N–H and O–H groups in total. The zero-order chi connectivity index (χ0) is 25.6. The lowest BCUT2D eigenvalue weighted by molar-refractivity contribution is 0.313. The lowest BCUT2D eigenvalue weighted by Gasteiger charge is -2.30. The highest BCUT2D eigenvalue weighted by Gasteiger charge is 2.31. The molecule has 0 unspecified atom stereocenters. The molecule has 0 atom stereocenters. The Bertz CT molecular complexity index is 1770. The van der Waals surface area contributed by atoms with Crippen LogP contribution in [-0.2, 0) is 16.6 Å². The molecule has 0 aliphatic carbocycles. The van der Waals surface area contributed by atoms with Gasteiger partial charge in [0.15, 0.2) is 11.2 Å². The largest absolute Gasteiger partial charge is 0.308 e. The van der Waals surface area contributed by atoms with Crippen molar-refractivity contribution in [1.82, 2.24) is 29.3 Å². The van der Waals surface area contributed by atoms with Gasteiger partial charge in [0.25, 0.3) is 5.56 Å². The Balaban J connectivity index is 1.24. The molecule has 0 bridgehead atoms. The Kier molecular flexibility index (Phi) is 5.81. The van der Waals surface area contributed by atoms with E-state index in [4.69, 9.17) is 4.98 Å². The Hall–Kier alpha value is -3.96. The van der Waals surface area contributed by atoms with Gasteiger partial charge in [-0.1, -0.05) is 41.6 Å². The molecule has 11 heteroatoms. The maximum Gasteiger partial charge on any atom is 0.281 e. The maximum atomic E-state index is 13.2. The number of benzene rings is 3. The van der Waals surface area contributed by atoms with Crippen LogP contribution in [0.5, 0.6) is 0 Å². The SMILES string of the molecule is O=c1[nH]c(C2CCN(S(=O)(=O)c3ccc(F)cc3)CC2)nc2c1nnn2Cc1ccc2ccccc2c1. The molecule has 0 spiro atoms. The van der Waals surface area contributed by atoms with Crippen molar-refractivity contribution in [3.63, 3.8) is 0 Å². The summed E-state index contributed by atoms with van der Waals surface area (Å²) in [5.41, 5.74) is 1.20. The van der Waals surface area contributed by atoms with Gasteiger partial charge in [0.05, 0.1) is 11.4 Å². The van der Waals surface area contributed by atoms with Crippen LogP contribution in [0.1, 0.15) is 30.1 Å². The monoisotopic (exact) mass is 518 g/mol. The Morgan fingerprint density at radius 1 is 0.973 bits per heavy atom. The average molecular weight is 519 g/mol. The van der Waals surface area contributed by atoms with E-state index in [0.29, 0.717) is 30.9 Å². The van der Waals surface area contributed by atoms with Gasteiger partial charge in [-0.15, -0.1) is 5.10 Å². The maximum absolute atomic E-state index is 13.2. The lowest BCUT2D eigenvalue weighted by atomic mass is 9.97. The first-order chi connectivity index (χ1) is 17.9. The Labute approximate surface area is 211 Å². The van der Waals surface area contributed by atoms with Crippen LogP contribution in [0, 0.1) is 5.82 Å². The van der Waals surface area contributed by atoms with Crippen LogP contribution < -0.4 is 5.56 Å². The first kappa shape index (κ1) is 23.4. The predicted molar refractivity (Wildman–Crippen MR) is 136 cm³/mol. The van der Waals surface area contributed by atoms with Crippen molar-refractivity contribution in [1.29, 1.82) is 0 Å². The number of rotatable bonds is 5. The molecule has 1 aliphatic heterocycles. The molecule has 0 amide bonds. The fourth-order valence-electron chi connectivity index (χ4n) is 4.82. The fourth-order valence-corrected chi connectivity index (χ4v) is 6.29. The molecule has 9 nitrogen and oxygen atoms in total. The summed E-state index contributed by atoms with van der Waals surface area (Å²) in [6.07, 6.45) is 0.974. The van der Waals surface area contributed by atoms with Crippen molar-refractivity contribution in [2.75, 3.05) is 13.1 Å². The minimum atomic E-state index is -3.73. The summed E-state index contributed by atoms with van der Waals surface area (Å²) < 4.78 is 42.1.